The van der Waals surface area contributed by atoms with Gasteiger partial charge in [-0.15, -0.1) is 0 Å². The third-order valence-corrected chi connectivity index (χ3v) is 2.05. The van der Waals surface area contributed by atoms with Gasteiger partial charge in [0.25, 0.3) is 0 Å². The first-order valence-electron chi connectivity index (χ1n) is 5.45. The van der Waals surface area contributed by atoms with Crippen molar-refractivity contribution in [3.05, 3.63) is 36.4 Å². The SMILES string of the molecule is C=CCOc1ccc(CNC)cc1OCC. The maximum absolute atomic E-state index is 5.53. The van der Waals surface area contributed by atoms with Gasteiger partial charge in [-0.05, 0) is 31.7 Å². The lowest BCUT2D eigenvalue weighted by atomic mass is 10.2. The van der Waals surface area contributed by atoms with Gasteiger partial charge in [-0.2, -0.15) is 0 Å². The van der Waals surface area contributed by atoms with Gasteiger partial charge >= 0.3 is 0 Å². The van der Waals surface area contributed by atoms with Crippen molar-refractivity contribution in [2.24, 2.45) is 0 Å². The van der Waals surface area contributed by atoms with Gasteiger partial charge in [-0.3, -0.25) is 0 Å². The predicted molar refractivity (Wildman–Crippen MR) is 66.1 cm³/mol. The molecule has 0 unspecified atom stereocenters. The minimum absolute atomic E-state index is 0.492. The van der Waals surface area contributed by atoms with Crippen molar-refractivity contribution in [3.8, 4) is 11.5 Å². The molecule has 0 amide bonds. The third-order valence-electron chi connectivity index (χ3n) is 2.05. The summed E-state index contributed by atoms with van der Waals surface area (Å²) < 4.78 is 11.0. The zero-order valence-corrected chi connectivity index (χ0v) is 9.95. The molecule has 0 fully saturated rings. The van der Waals surface area contributed by atoms with Crippen LogP contribution >= 0.6 is 0 Å². The highest BCUT2D eigenvalue weighted by Gasteiger charge is 2.05. The van der Waals surface area contributed by atoms with Crippen LogP contribution in [-0.4, -0.2) is 20.3 Å². The Bertz CT molecular complexity index is 337. The van der Waals surface area contributed by atoms with Crippen molar-refractivity contribution in [2.45, 2.75) is 13.5 Å². The van der Waals surface area contributed by atoms with E-state index in [0.717, 1.165) is 18.0 Å². The summed E-state index contributed by atoms with van der Waals surface area (Å²) in [6.45, 7) is 7.53. The van der Waals surface area contributed by atoms with E-state index in [2.05, 4.69) is 11.9 Å². The standard InChI is InChI=1S/C13H19NO2/c1-4-8-16-12-7-6-11(10-14-3)9-13(12)15-5-2/h4,6-7,9,14H,1,5,8,10H2,2-3H3. The van der Waals surface area contributed by atoms with Crippen LogP contribution in [0.3, 0.4) is 0 Å². The molecule has 3 nitrogen and oxygen atoms in total. The van der Waals surface area contributed by atoms with Crippen LogP contribution in [0, 0.1) is 0 Å². The first kappa shape index (κ1) is 12.6. The van der Waals surface area contributed by atoms with Crippen LogP contribution < -0.4 is 14.8 Å². The minimum Gasteiger partial charge on any atom is -0.490 e. The van der Waals surface area contributed by atoms with E-state index in [1.165, 1.54) is 5.56 Å². The largest absolute Gasteiger partial charge is 0.490 e. The number of nitrogens with one attached hydrogen (secondary N) is 1. The van der Waals surface area contributed by atoms with E-state index in [4.69, 9.17) is 9.47 Å². The van der Waals surface area contributed by atoms with Crippen molar-refractivity contribution in [3.63, 3.8) is 0 Å². The molecular formula is C13H19NO2. The fraction of sp³-hybridized carbons (Fsp3) is 0.385. The Labute approximate surface area is 97.1 Å². The normalized spacial score (nSPS) is 9.88. The van der Waals surface area contributed by atoms with Gasteiger partial charge in [0.15, 0.2) is 11.5 Å². The van der Waals surface area contributed by atoms with Crippen LogP contribution in [0.5, 0.6) is 11.5 Å². The Morgan fingerprint density at radius 1 is 1.31 bits per heavy atom. The van der Waals surface area contributed by atoms with Gasteiger partial charge in [0.2, 0.25) is 0 Å². The molecule has 88 valence electrons. The highest BCUT2D eigenvalue weighted by molar-refractivity contribution is 5.43. The molecule has 1 aromatic rings. The van der Waals surface area contributed by atoms with Gasteiger partial charge in [0.1, 0.15) is 6.61 Å². The van der Waals surface area contributed by atoms with Gasteiger partial charge in [-0.25, -0.2) is 0 Å². The first-order chi connectivity index (χ1) is 7.81. The lowest BCUT2D eigenvalue weighted by Gasteiger charge is -2.12. The third kappa shape index (κ3) is 3.59. The summed E-state index contributed by atoms with van der Waals surface area (Å²) in [4.78, 5) is 0. The van der Waals surface area contributed by atoms with E-state index in [9.17, 15) is 0 Å². The lowest BCUT2D eigenvalue weighted by Crippen LogP contribution is -2.06. The second kappa shape index (κ2) is 6.90. The van der Waals surface area contributed by atoms with E-state index in [1.807, 2.05) is 32.2 Å². The first-order valence-corrected chi connectivity index (χ1v) is 5.45. The van der Waals surface area contributed by atoms with E-state index in [-0.39, 0.29) is 0 Å². The van der Waals surface area contributed by atoms with Gasteiger partial charge < -0.3 is 14.8 Å². The Morgan fingerprint density at radius 3 is 2.75 bits per heavy atom. The summed E-state index contributed by atoms with van der Waals surface area (Å²) in [5.74, 6) is 1.55. The van der Waals surface area contributed by atoms with Crippen LogP contribution in [-0.2, 0) is 6.54 Å². The molecule has 16 heavy (non-hydrogen) atoms. The van der Waals surface area contributed by atoms with Crippen LogP contribution in [0.2, 0.25) is 0 Å². The summed E-state index contributed by atoms with van der Waals surface area (Å²) >= 11 is 0. The topological polar surface area (TPSA) is 30.5 Å². The van der Waals surface area contributed by atoms with E-state index in [1.54, 1.807) is 6.08 Å². The molecule has 0 bridgehead atoms. The maximum atomic E-state index is 5.53. The van der Waals surface area contributed by atoms with Crippen LogP contribution in [0.1, 0.15) is 12.5 Å². The highest BCUT2D eigenvalue weighted by Crippen LogP contribution is 2.28. The van der Waals surface area contributed by atoms with Crippen LogP contribution in [0.4, 0.5) is 0 Å². The Kier molecular flexibility index (Phi) is 5.43. The van der Waals surface area contributed by atoms with E-state index < -0.39 is 0 Å². The molecular weight excluding hydrogens is 202 g/mol. The second-order valence-corrected chi connectivity index (χ2v) is 3.34. The Balaban J connectivity index is 2.84. The Hall–Kier alpha value is -1.48. The number of hydrogen-bond acceptors (Lipinski definition) is 3. The van der Waals surface area contributed by atoms with Crippen molar-refractivity contribution in [2.75, 3.05) is 20.3 Å². The Morgan fingerprint density at radius 2 is 2.12 bits per heavy atom. The number of benzene rings is 1. The van der Waals surface area contributed by atoms with E-state index >= 15 is 0 Å². The average molecular weight is 221 g/mol. The lowest BCUT2D eigenvalue weighted by molar-refractivity contribution is 0.296. The van der Waals surface area contributed by atoms with Crippen molar-refractivity contribution in [1.29, 1.82) is 0 Å². The van der Waals surface area contributed by atoms with Crippen molar-refractivity contribution < 1.29 is 9.47 Å². The molecule has 1 N–H and O–H groups in total. The number of hydrogen-bond donors (Lipinski definition) is 1. The average Bonchev–Trinajstić information content (AvgIpc) is 2.29. The summed E-state index contributed by atoms with van der Waals surface area (Å²) in [5, 5.41) is 3.10. The molecule has 1 rings (SSSR count). The highest BCUT2D eigenvalue weighted by atomic mass is 16.5. The molecule has 0 atom stereocenters. The second-order valence-electron chi connectivity index (χ2n) is 3.34. The molecule has 0 radical (unpaired) electrons. The molecule has 0 heterocycles. The fourth-order valence-electron chi connectivity index (χ4n) is 1.40. The summed E-state index contributed by atoms with van der Waals surface area (Å²) in [7, 11) is 1.92. The zero-order chi connectivity index (χ0) is 11.8. The molecule has 0 aliphatic heterocycles. The molecule has 0 aliphatic carbocycles. The predicted octanol–water partition coefficient (Wildman–Crippen LogP) is 2.37. The maximum Gasteiger partial charge on any atom is 0.161 e. The molecule has 0 spiro atoms. The van der Waals surface area contributed by atoms with Crippen molar-refractivity contribution >= 4 is 0 Å². The van der Waals surface area contributed by atoms with Crippen LogP contribution in [0.15, 0.2) is 30.9 Å². The van der Waals surface area contributed by atoms with E-state index in [0.29, 0.717) is 13.2 Å². The van der Waals surface area contributed by atoms with Gasteiger partial charge in [0.05, 0.1) is 6.61 Å². The molecule has 0 saturated heterocycles. The monoisotopic (exact) mass is 221 g/mol. The summed E-state index contributed by atoms with van der Waals surface area (Å²) in [6.07, 6.45) is 1.72. The quantitative estimate of drug-likeness (QED) is 0.717. The van der Waals surface area contributed by atoms with Gasteiger partial charge in [0, 0.05) is 6.54 Å². The molecule has 0 saturated carbocycles. The fourth-order valence-corrected chi connectivity index (χ4v) is 1.40. The zero-order valence-electron chi connectivity index (χ0n) is 9.95. The summed E-state index contributed by atoms with van der Waals surface area (Å²) in [6, 6.07) is 5.96. The summed E-state index contributed by atoms with van der Waals surface area (Å²) in [5.41, 5.74) is 1.18. The molecule has 0 aliphatic rings. The molecule has 1 aromatic carbocycles. The van der Waals surface area contributed by atoms with Gasteiger partial charge in [-0.1, -0.05) is 18.7 Å². The smallest absolute Gasteiger partial charge is 0.161 e. The number of rotatable bonds is 7. The van der Waals surface area contributed by atoms with Crippen LogP contribution in [0.25, 0.3) is 0 Å². The minimum atomic E-state index is 0.492. The molecule has 0 aromatic heterocycles. The molecule has 3 heteroatoms. The van der Waals surface area contributed by atoms with Crippen molar-refractivity contribution in [1.82, 2.24) is 5.32 Å². The number of ether oxygens (including phenoxy) is 2.